The molecule has 0 amide bonds. The van der Waals surface area contributed by atoms with E-state index in [1.54, 1.807) is 4.57 Å². The number of nitrogens with two attached hydrogens (primary N) is 1. The molecule has 2 atom stereocenters. The normalized spacial score (nSPS) is 23.8. The number of H-pyrrole nitrogens is 1. The molecule has 96 valence electrons. The van der Waals surface area contributed by atoms with Crippen LogP contribution in [0.3, 0.4) is 0 Å². The van der Waals surface area contributed by atoms with Gasteiger partial charge in [-0.05, 0) is 12.8 Å². The smallest absolute Gasteiger partial charge is 0.280 e. The Morgan fingerprint density at radius 3 is 3.17 bits per heavy atom. The Balaban J connectivity index is 2.05. The van der Waals surface area contributed by atoms with E-state index in [0.29, 0.717) is 5.65 Å². The number of ether oxygens (including phenoxy) is 1. The van der Waals surface area contributed by atoms with Crippen molar-refractivity contribution in [2.75, 3.05) is 12.3 Å². The monoisotopic (exact) mass is 251 g/mol. The van der Waals surface area contributed by atoms with E-state index in [2.05, 4.69) is 15.0 Å². The van der Waals surface area contributed by atoms with Crippen molar-refractivity contribution < 1.29 is 9.84 Å². The molecule has 1 saturated heterocycles. The Bertz CT molecular complexity index is 634. The second-order valence-electron chi connectivity index (χ2n) is 4.25. The lowest BCUT2D eigenvalue weighted by Gasteiger charge is -2.13. The van der Waals surface area contributed by atoms with Gasteiger partial charge in [0.05, 0.1) is 19.0 Å². The summed E-state index contributed by atoms with van der Waals surface area (Å²) in [7, 11) is 0. The molecule has 0 aliphatic carbocycles. The summed E-state index contributed by atoms with van der Waals surface area (Å²) in [4.78, 5) is 22.1. The molecule has 8 nitrogen and oxygen atoms in total. The van der Waals surface area contributed by atoms with Gasteiger partial charge in [0.2, 0.25) is 5.95 Å². The van der Waals surface area contributed by atoms with Gasteiger partial charge in [-0.25, -0.2) is 4.98 Å². The standard InChI is InChI=1S/C10H13N5O3/c11-10-13-8-7(9(17)14-10)12-4-15(8)6-2-1-5(3-16)18-6/h4-6,16H,1-3H2,(H3,11,13,14,17)/t5-,6-/m1/s1. The minimum atomic E-state index is -0.368. The molecule has 4 N–H and O–H groups in total. The highest BCUT2D eigenvalue weighted by atomic mass is 16.5. The van der Waals surface area contributed by atoms with E-state index in [1.807, 2.05) is 0 Å². The van der Waals surface area contributed by atoms with Crippen molar-refractivity contribution in [3.63, 3.8) is 0 Å². The van der Waals surface area contributed by atoms with Gasteiger partial charge in [-0.15, -0.1) is 0 Å². The maximum atomic E-state index is 11.6. The summed E-state index contributed by atoms with van der Waals surface area (Å²) in [5.74, 6) is 0.0472. The first-order valence-corrected chi connectivity index (χ1v) is 5.67. The zero-order valence-corrected chi connectivity index (χ0v) is 9.54. The summed E-state index contributed by atoms with van der Waals surface area (Å²) in [6.07, 6.45) is 2.58. The molecule has 0 aromatic carbocycles. The van der Waals surface area contributed by atoms with E-state index < -0.39 is 0 Å². The van der Waals surface area contributed by atoms with Crippen molar-refractivity contribution in [1.29, 1.82) is 0 Å². The highest BCUT2D eigenvalue weighted by Crippen LogP contribution is 2.29. The van der Waals surface area contributed by atoms with Crippen LogP contribution >= 0.6 is 0 Å². The molecular formula is C10H13N5O3. The fourth-order valence-electron chi connectivity index (χ4n) is 2.18. The summed E-state index contributed by atoms with van der Waals surface area (Å²) >= 11 is 0. The number of fused-ring (bicyclic) bond motifs is 1. The third kappa shape index (κ3) is 1.66. The summed E-state index contributed by atoms with van der Waals surface area (Å²) < 4.78 is 7.30. The minimum Gasteiger partial charge on any atom is -0.394 e. The van der Waals surface area contributed by atoms with Crippen LogP contribution in [-0.4, -0.2) is 37.3 Å². The van der Waals surface area contributed by atoms with E-state index in [9.17, 15) is 4.79 Å². The number of nitrogens with zero attached hydrogens (tertiary/aromatic N) is 3. The van der Waals surface area contributed by atoms with E-state index in [4.69, 9.17) is 15.6 Å². The molecule has 0 unspecified atom stereocenters. The number of imidazole rings is 1. The van der Waals surface area contributed by atoms with Gasteiger partial charge in [-0.2, -0.15) is 4.98 Å². The van der Waals surface area contributed by atoms with Crippen LogP contribution in [0.2, 0.25) is 0 Å². The van der Waals surface area contributed by atoms with Crippen molar-refractivity contribution in [3.8, 4) is 0 Å². The van der Waals surface area contributed by atoms with Crippen molar-refractivity contribution in [2.45, 2.75) is 25.2 Å². The summed E-state index contributed by atoms with van der Waals surface area (Å²) in [5, 5.41) is 9.04. The molecule has 0 radical (unpaired) electrons. The molecule has 1 aliphatic rings. The molecule has 3 heterocycles. The topological polar surface area (TPSA) is 119 Å². The largest absolute Gasteiger partial charge is 0.394 e. The number of nitrogen functional groups attached to an aromatic ring is 1. The van der Waals surface area contributed by atoms with Crippen molar-refractivity contribution in [1.82, 2.24) is 19.5 Å². The van der Waals surface area contributed by atoms with Gasteiger partial charge >= 0.3 is 0 Å². The van der Waals surface area contributed by atoms with E-state index in [-0.39, 0.29) is 36.0 Å². The molecule has 0 spiro atoms. The second-order valence-corrected chi connectivity index (χ2v) is 4.25. The number of aromatic nitrogens is 4. The number of rotatable bonds is 2. The van der Waals surface area contributed by atoms with Crippen LogP contribution in [0.25, 0.3) is 11.2 Å². The van der Waals surface area contributed by atoms with Crippen LogP contribution in [0, 0.1) is 0 Å². The molecule has 2 aromatic heterocycles. The first-order valence-electron chi connectivity index (χ1n) is 5.67. The highest BCUT2D eigenvalue weighted by Gasteiger charge is 2.27. The second kappa shape index (κ2) is 4.07. The molecule has 2 aromatic rings. The Hall–Kier alpha value is -1.93. The molecule has 8 heteroatoms. The Morgan fingerprint density at radius 1 is 1.61 bits per heavy atom. The van der Waals surface area contributed by atoms with Gasteiger partial charge in [0.25, 0.3) is 5.56 Å². The number of nitrogens with one attached hydrogen (secondary N) is 1. The SMILES string of the molecule is Nc1nc2c(ncn2[C@H]2CC[C@H](CO)O2)c(=O)[nH]1. The molecule has 1 fully saturated rings. The van der Waals surface area contributed by atoms with Gasteiger partial charge in [0.15, 0.2) is 11.2 Å². The van der Waals surface area contributed by atoms with E-state index in [0.717, 1.165) is 12.8 Å². The fourth-order valence-corrected chi connectivity index (χ4v) is 2.18. The summed E-state index contributed by atoms with van der Waals surface area (Å²) in [6, 6.07) is 0. The third-order valence-electron chi connectivity index (χ3n) is 3.05. The quantitative estimate of drug-likeness (QED) is 0.654. The molecule has 1 aliphatic heterocycles. The van der Waals surface area contributed by atoms with Crippen molar-refractivity contribution >= 4 is 17.1 Å². The first-order chi connectivity index (χ1) is 8.69. The zero-order chi connectivity index (χ0) is 12.7. The number of aliphatic hydroxyl groups is 1. The van der Waals surface area contributed by atoms with Gasteiger partial charge in [-0.3, -0.25) is 14.3 Å². The summed E-state index contributed by atoms with van der Waals surface area (Å²) in [5.41, 5.74) is 5.79. The number of hydrogen-bond acceptors (Lipinski definition) is 6. The lowest BCUT2D eigenvalue weighted by atomic mass is 10.2. The lowest BCUT2D eigenvalue weighted by molar-refractivity contribution is -0.0207. The van der Waals surface area contributed by atoms with Crippen LogP contribution in [0.5, 0.6) is 0 Å². The molecule has 0 saturated carbocycles. The maximum absolute atomic E-state index is 11.6. The van der Waals surface area contributed by atoms with Crippen LogP contribution in [-0.2, 0) is 4.74 Å². The van der Waals surface area contributed by atoms with Gasteiger partial charge in [0, 0.05) is 0 Å². The van der Waals surface area contributed by atoms with Crippen LogP contribution in [0.4, 0.5) is 5.95 Å². The predicted molar refractivity (Wildman–Crippen MR) is 62.8 cm³/mol. The lowest BCUT2D eigenvalue weighted by Crippen LogP contribution is -2.16. The van der Waals surface area contributed by atoms with Gasteiger partial charge in [0.1, 0.15) is 6.23 Å². The fraction of sp³-hybridized carbons (Fsp3) is 0.500. The highest BCUT2D eigenvalue weighted by molar-refractivity contribution is 5.70. The Morgan fingerprint density at radius 2 is 2.44 bits per heavy atom. The first kappa shape index (κ1) is 11.2. The van der Waals surface area contributed by atoms with Crippen LogP contribution < -0.4 is 11.3 Å². The van der Waals surface area contributed by atoms with Crippen LogP contribution in [0.1, 0.15) is 19.1 Å². The molecule has 3 rings (SSSR count). The van der Waals surface area contributed by atoms with Gasteiger partial charge in [-0.1, -0.05) is 0 Å². The molecular weight excluding hydrogens is 238 g/mol. The average Bonchev–Trinajstić information content (AvgIpc) is 2.93. The maximum Gasteiger partial charge on any atom is 0.280 e. The zero-order valence-electron chi connectivity index (χ0n) is 9.54. The average molecular weight is 251 g/mol. The third-order valence-corrected chi connectivity index (χ3v) is 3.05. The molecule has 0 bridgehead atoms. The number of aromatic amines is 1. The predicted octanol–water partition coefficient (Wildman–Crippen LogP) is -0.628. The number of aliphatic hydroxyl groups excluding tert-OH is 1. The minimum absolute atomic E-state index is 0.0146. The van der Waals surface area contributed by atoms with Crippen LogP contribution in [0.15, 0.2) is 11.1 Å². The Labute approximate surface area is 101 Å². The molecule has 18 heavy (non-hydrogen) atoms. The van der Waals surface area contributed by atoms with Crippen molar-refractivity contribution in [3.05, 3.63) is 16.7 Å². The number of hydrogen-bond donors (Lipinski definition) is 3. The van der Waals surface area contributed by atoms with Crippen molar-refractivity contribution in [2.24, 2.45) is 0 Å². The van der Waals surface area contributed by atoms with E-state index >= 15 is 0 Å². The van der Waals surface area contributed by atoms with E-state index in [1.165, 1.54) is 6.33 Å². The Kier molecular flexibility index (Phi) is 2.53. The van der Waals surface area contributed by atoms with Gasteiger partial charge < -0.3 is 15.6 Å². The summed E-state index contributed by atoms with van der Waals surface area (Å²) in [6.45, 7) is -0.0146. The number of anilines is 1.